The first-order valence-corrected chi connectivity index (χ1v) is 5.98. The van der Waals surface area contributed by atoms with Gasteiger partial charge in [-0.15, -0.1) is 0 Å². The maximum Gasteiger partial charge on any atom is 0.248 e. The minimum atomic E-state index is -0.419. The molecule has 1 aromatic carbocycles. The van der Waals surface area contributed by atoms with Crippen LogP contribution in [-0.2, 0) is 0 Å². The standard InChI is InChI=1S/C12H16ClN3O/c1-15-4-6-16(7-5-15)11-8-9(12(14)17)2-3-10(11)13/h2-3,8H,4-7H2,1H3,(H2,14,17). The fourth-order valence-electron chi connectivity index (χ4n) is 1.96. The topological polar surface area (TPSA) is 49.6 Å². The Morgan fingerprint density at radius 1 is 1.29 bits per heavy atom. The molecule has 2 rings (SSSR count). The fourth-order valence-corrected chi connectivity index (χ4v) is 2.19. The van der Waals surface area contributed by atoms with Crippen molar-refractivity contribution in [2.45, 2.75) is 0 Å². The Labute approximate surface area is 106 Å². The molecular formula is C12H16ClN3O. The van der Waals surface area contributed by atoms with E-state index in [2.05, 4.69) is 16.8 Å². The van der Waals surface area contributed by atoms with Crippen molar-refractivity contribution < 1.29 is 4.79 Å². The number of anilines is 1. The third-order valence-corrected chi connectivity index (χ3v) is 3.39. The molecule has 92 valence electrons. The number of halogens is 1. The van der Waals surface area contributed by atoms with Crippen LogP contribution in [-0.4, -0.2) is 44.0 Å². The molecule has 0 spiro atoms. The average Bonchev–Trinajstić information content (AvgIpc) is 2.31. The lowest BCUT2D eigenvalue weighted by Gasteiger charge is -2.34. The van der Waals surface area contributed by atoms with E-state index in [0.29, 0.717) is 10.6 Å². The SMILES string of the molecule is CN1CCN(c2cc(C(N)=O)ccc2Cl)CC1. The summed E-state index contributed by atoms with van der Waals surface area (Å²) in [6.45, 7) is 3.82. The van der Waals surface area contributed by atoms with Crippen LogP contribution >= 0.6 is 11.6 Å². The second kappa shape index (κ2) is 4.94. The number of hydrogen-bond donors (Lipinski definition) is 1. The van der Waals surface area contributed by atoms with E-state index in [1.165, 1.54) is 0 Å². The summed E-state index contributed by atoms with van der Waals surface area (Å²) in [6.07, 6.45) is 0. The molecule has 17 heavy (non-hydrogen) atoms. The maximum atomic E-state index is 11.2. The van der Waals surface area contributed by atoms with Gasteiger partial charge in [0.2, 0.25) is 5.91 Å². The van der Waals surface area contributed by atoms with Gasteiger partial charge in [0, 0.05) is 31.7 Å². The number of carbonyl (C=O) groups excluding carboxylic acids is 1. The highest BCUT2D eigenvalue weighted by Crippen LogP contribution is 2.27. The molecule has 0 radical (unpaired) electrons. The van der Waals surface area contributed by atoms with Crippen LogP contribution in [0.5, 0.6) is 0 Å². The van der Waals surface area contributed by atoms with Crippen LogP contribution in [0.2, 0.25) is 5.02 Å². The third-order valence-electron chi connectivity index (χ3n) is 3.07. The normalized spacial score (nSPS) is 17.2. The fraction of sp³-hybridized carbons (Fsp3) is 0.417. The van der Waals surface area contributed by atoms with Crippen LogP contribution in [0.25, 0.3) is 0 Å². The van der Waals surface area contributed by atoms with Gasteiger partial charge in [0.15, 0.2) is 0 Å². The molecule has 0 bridgehead atoms. The van der Waals surface area contributed by atoms with Gasteiger partial charge in [0.05, 0.1) is 10.7 Å². The molecule has 0 aliphatic carbocycles. The first-order valence-electron chi connectivity index (χ1n) is 5.61. The minimum Gasteiger partial charge on any atom is -0.368 e. The zero-order chi connectivity index (χ0) is 12.4. The van der Waals surface area contributed by atoms with Gasteiger partial charge in [-0.25, -0.2) is 0 Å². The number of hydrogen-bond acceptors (Lipinski definition) is 3. The number of nitrogens with zero attached hydrogens (tertiary/aromatic N) is 2. The van der Waals surface area contributed by atoms with Crippen LogP contribution in [0.3, 0.4) is 0 Å². The Kier molecular flexibility index (Phi) is 3.54. The lowest BCUT2D eigenvalue weighted by atomic mass is 10.1. The second-order valence-electron chi connectivity index (χ2n) is 4.32. The summed E-state index contributed by atoms with van der Waals surface area (Å²) in [5.74, 6) is -0.419. The van der Waals surface area contributed by atoms with E-state index in [0.717, 1.165) is 31.9 Å². The van der Waals surface area contributed by atoms with Crippen LogP contribution in [0.4, 0.5) is 5.69 Å². The van der Waals surface area contributed by atoms with Crippen LogP contribution in [0.15, 0.2) is 18.2 Å². The summed E-state index contributed by atoms with van der Waals surface area (Å²) in [6, 6.07) is 5.16. The van der Waals surface area contributed by atoms with Gasteiger partial charge in [0.1, 0.15) is 0 Å². The quantitative estimate of drug-likeness (QED) is 0.862. The minimum absolute atomic E-state index is 0.419. The van der Waals surface area contributed by atoms with Crippen molar-refractivity contribution in [1.29, 1.82) is 0 Å². The lowest BCUT2D eigenvalue weighted by molar-refractivity contribution is 0.100. The molecule has 1 aliphatic rings. The van der Waals surface area contributed by atoms with E-state index in [4.69, 9.17) is 17.3 Å². The van der Waals surface area contributed by atoms with Crippen molar-refractivity contribution in [2.24, 2.45) is 5.73 Å². The summed E-state index contributed by atoms with van der Waals surface area (Å²) >= 11 is 6.16. The van der Waals surface area contributed by atoms with E-state index in [9.17, 15) is 4.79 Å². The van der Waals surface area contributed by atoms with Crippen molar-refractivity contribution in [1.82, 2.24) is 4.90 Å². The van der Waals surface area contributed by atoms with E-state index in [-0.39, 0.29) is 0 Å². The third kappa shape index (κ3) is 2.70. The Bertz CT molecular complexity index is 428. The van der Waals surface area contributed by atoms with Crippen LogP contribution in [0.1, 0.15) is 10.4 Å². The molecule has 1 aromatic rings. The van der Waals surface area contributed by atoms with E-state index < -0.39 is 5.91 Å². The zero-order valence-electron chi connectivity index (χ0n) is 9.82. The molecular weight excluding hydrogens is 238 g/mol. The molecule has 0 unspecified atom stereocenters. The Morgan fingerprint density at radius 3 is 2.53 bits per heavy atom. The van der Waals surface area contributed by atoms with Gasteiger partial charge in [-0.05, 0) is 25.2 Å². The second-order valence-corrected chi connectivity index (χ2v) is 4.73. The van der Waals surface area contributed by atoms with E-state index in [1.54, 1.807) is 18.2 Å². The summed E-state index contributed by atoms with van der Waals surface area (Å²) in [5, 5.41) is 0.666. The monoisotopic (exact) mass is 253 g/mol. The number of rotatable bonds is 2. The van der Waals surface area contributed by atoms with Gasteiger partial charge in [-0.2, -0.15) is 0 Å². The molecule has 0 saturated carbocycles. The number of benzene rings is 1. The van der Waals surface area contributed by atoms with E-state index >= 15 is 0 Å². The first kappa shape index (κ1) is 12.2. The van der Waals surface area contributed by atoms with E-state index in [1.807, 2.05) is 0 Å². The highest BCUT2D eigenvalue weighted by Gasteiger charge is 2.17. The zero-order valence-corrected chi connectivity index (χ0v) is 10.6. The molecule has 1 amide bonds. The molecule has 1 aliphatic heterocycles. The number of amides is 1. The number of primary amides is 1. The maximum absolute atomic E-state index is 11.2. The van der Waals surface area contributed by atoms with Crippen LogP contribution < -0.4 is 10.6 Å². The molecule has 1 heterocycles. The van der Waals surface area contributed by atoms with Crippen molar-refractivity contribution in [3.63, 3.8) is 0 Å². The largest absolute Gasteiger partial charge is 0.368 e. The van der Waals surface area contributed by atoms with Gasteiger partial charge < -0.3 is 15.5 Å². The predicted octanol–water partition coefficient (Wildman–Crippen LogP) is 1.19. The van der Waals surface area contributed by atoms with Gasteiger partial charge in [-0.3, -0.25) is 4.79 Å². The predicted molar refractivity (Wildman–Crippen MR) is 69.7 cm³/mol. The Hall–Kier alpha value is -1.26. The molecule has 2 N–H and O–H groups in total. The summed E-state index contributed by atoms with van der Waals surface area (Å²) < 4.78 is 0. The number of likely N-dealkylation sites (N-methyl/N-ethyl adjacent to an activating group) is 1. The molecule has 4 nitrogen and oxygen atoms in total. The molecule has 0 aromatic heterocycles. The molecule has 0 atom stereocenters. The average molecular weight is 254 g/mol. The van der Waals surface area contributed by atoms with Crippen LogP contribution in [0, 0.1) is 0 Å². The summed E-state index contributed by atoms with van der Waals surface area (Å²) in [4.78, 5) is 15.6. The summed E-state index contributed by atoms with van der Waals surface area (Å²) in [7, 11) is 2.10. The summed E-state index contributed by atoms with van der Waals surface area (Å²) in [5.41, 5.74) is 6.68. The van der Waals surface area contributed by atoms with Crippen molar-refractivity contribution in [3.05, 3.63) is 28.8 Å². The van der Waals surface area contributed by atoms with Crippen molar-refractivity contribution >= 4 is 23.2 Å². The highest BCUT2D eigenvalue weighted by molar-refractivity contribution is 6.33. The number of piperazine rings is 1. The molecule has 1 fully saturated rings. The van der Waals surface area contributed by atoms with Crippen molar-refractivity contribution in [3.8, 4) is 0 Å². The molecule has 5 heteroatoms. The van der Waals surface area contributed by atoms with Gasteiger partial charge in [-0.1, -0.05) is 11.6 Å². The highest BCUT2D eigenvalue weighted by atomic mass is 35.5. The number of nitrogens with two attached hydrogens (primary N) is 1. The Morgan fingerprint density at radius 2 is 1.94 bits per heavy atom. The first-order chi connectivity index (χ1) is 8.08. The smallest absolute Gasteiger partial charge is 0.248 e. The van der Waals surface area contributed by atoms with Gasteiger partial charge >= 0.3 is 0 Å². The number of carbonyl (C=O) groups is 1. The Balaban J connectivity index is 2.25. The lowest BCUT2D eigenvalue weighted by Crippen LogP contribution is -2.44. The molecule has 1 saturated heterocycles. The van der Waals surface area contributed by atoms with Gasteiger partial charge in [0.25, 0.3) is 0 Å². The van der Waals surface area contributed by atoms with Crippen molar-refractivity contribution in [2.75, 3.05) is 38.1 Å².